The van der Waals surface area contributed by atoms with E-state index in [4.69, 9.17) is 13.9 Å². The largest absolute Gasteiger partial charge is 0.493 e. The van der Waals surface area contributed by atoms with Gasteiger partial charge in [0.15, 0.2) is 18.1 Å². The Labute approximate surface area is 152 Å². The third-order valence-corrected chi connectivity index (χ3v) is 3.94. The highest BCUT2D eigenvalue weighted by atomic mass is 16.5. The van der Waals surface area contributed by atoms with Crippen LogP contribution in [0.3, 0.4) is 0 Å². The summed E-state index contributed by atoms with van der Waals surface area (Å²) in [6.07, 6.45) is 1.59. The minimum atomic E-state index is -0.373. The Balaban J connectivity index is 1.69. The van der Waals surface area contributed by atoms with E-state index in [2.05, 4.69) is 5.32 Å². The SMILES string of the molecule is COc1cc(C)ccc1OCC(=O)NC(c1ccccc1)c1ccco1. The zero-order valence-corrected chi connectivity index (χ0v) is 14.8. The van der Waals surface area contributed by atoms with Crippen molar-refractivity contribution in [3.63, 3.8) is 0 Å². The molecule has 1 N–H and O–H groups in total. The smallest absolute Gasteiger partial charge is 0.258 e. The van der Waals surface area contributed by atoms with Crippen LogP contribution in [-0.2, 0) is 4.79 Å². The van der Waals surface area contributed by atoms with Crippen molar-refractivity contribution < 1.29 is 18.7 Å². The Morgan fingerprint density at radius 1 is 1.08 bits per heavy atom. The summed E-state index contributed by atoms with van der Waals surface area (Å²) in [7, 11) is 1.57. The van der Waals surface area contributed by atoms with Crippen molar-refractivity contribution in [3.8, 4) is 11.5 Å². The summed E-state index contributed by atoms with van der Waals surface area (Å²) in [6.45, 7) is 1.84. The van der Waals surface area contributed by atoms with Gasteiger partial charge in [-0.2, -0.15) is 0 Å². The lowest BCUT2D eigenvalue weighted by molar-refractivity contribution is -0.123. The van der Waals surface area contributed by atoms with Crippen LogP contribution in [0.1, 0.15) is 22.9 Å². The van der Waals surface area contributed by atoms with E-state index in [-0.39, 0.29) is 18.6 Å². The fourth-order valence-electron chi connectivity index (χ4n) is 2.66. The molecule has 5 nitrogen and oxygen atoms in total. The average Bonchev–Trinajstić information content (AvgIpc) is 3.20. The maximum absolute atomic E-state index is 12.4. The molecule has 0 aliphatic carbocycles. The van der Waals surface area contributed by atoms with E-state index in [1.165, 1.54) is 0 Å². The fourth-order valence-corrected chi connectivity index (χ4v) is 2.66. The Bertz CT molecular complexity index is 844. The second-order valence-electron chi connectivity index (χ2n) is 5.87. The predicted octanol–water partition coefficient (Wildman–Crippen LogP) is 3.88. The molecular weight excluding hydrogens is 330 g/mol. The molecule has 0 radical (unpaired) electrons. The molecule has 0 saturated carbocycles. The second-order valence-corrected chi connectivity index (χ2v) is 5.87. The molecule has 0 spiro atoms. The van der Waals surface area contributed by atoms with Crippen molar-refractivity contribution in [3.05, 3.63) is 83.8 Å². The molecule has 1 aromatic heterocycles. The Kier molecular flexibility index (Phi) is 5.59. The van der Waals surface area contributed by atoms with Crippen molar-refractivity contribution in [2.75, 3.05) is 13.7 Å². The van der Waals surface area contributed by atoms with Crippen molar-refractivity contribution in [2.24, 2.45) is 0 Å². The maximum Gasteiger partial charge on any atom is 0.258 e. The number of amides is 1. The average molecular weight is 351 g/mol. The van der Waals surface area contributed by atoms with Gasteiger partial charge in [0.1, 0.15) is 11.8 Å². The molecule has 3 rings (SSSR count). The number of carbonyl (C=O) groups is 1. The number of nitrogens with one attached hydrogen (secondary N) is 1. The van der Waals surface area contributed by atoms with E-state index in [0.29, 0.717) is 17.3 Å². The Hall–Kier alpha value is -3.21. The fraction of sp³-hybridized carbons (Fsp3) is 0.190. The number of benzene rings is 2. The van der Waals surface area contributed by atoms with Gasteiger partial charge in [0.2, 0.25) is 0 Å². The van der Waals surface area contributed by atoms with Gasteiger partial charge in [-0.25, -0.2) is 0 Å². The van der Waals surface area contributed by atoms with E-state index in [9.17, 15) is 4.79 Å². The summed E-state index contributed by atoms with van der Waals surface area (Å²) in [5.41, 5.74) is 1.99. The van der Waals surface area contributed by atoms with Crippen LogP contribution in [-0.4, -0.2) is 19.6 Å². The highest BCUT2D eigenvalue weighted by Gasteiger charge is 2.19. The first-order valence-electron chi connectivity index (χ1n) is 8.32. The summed E-state index contributed by atoms with van der Waals surface area (Å²) in [4.78, 5) is 12.4. The molecule has 1 unspecified atom stereocenters. The molecular formula is C21H21NO4. The van der Waals surface area contributed by atoms with Gasteiger partial charge in [-0.1, -0.05) is 36.4 Å². The quantitative estimate of drug-likeness (QED) is 0.702. The molecule has 1 heterocycles. The molecule has 3 aromatic rings. The van der Waals surface area contributed by atoms with E-state index >= 15 is 0 Å². The second kappa shape index (κ2) is 8.25. The number of furan rings is 1. The van der Waals surface area contributed by atoms with Crippen LogP contribution >= 0.6 is 0 Å². The zero-order chi connectivity index (χ0) is 18.4. The van der Waals surface area contributed by atoms with Crippen molar-refractivity contribution in [1.82, 2.24) is 5.32 Å². The molecule has 0 saturated heterocycles. The molecule has 0 fully saturated rings. The lowest BCUT2D eigenvalue weighted by atomic mass is 10.0. The summed E-state index contributed by atoms with van der Waals surface area (Å²) in [5, 5.41) is 2.96. The maximum atomic E-state index is 12.4. The van der Waals surface area contributed by atoms with Gasteiger partial charge in [0.05, 0.1) is 13.4 Å². The Morgan fingerprint density at radius 3 is 2.58 bits per heavy atom. The lowest BCUT2D eigenvalue weighted by Gasteiger charge is -2.18. The summed E-state index contributed by atoms with van der Waals surface area (Å²) < 4.78 is 16.4. The number of hydrogen-bond donors (Lipinski definition) is 1. The molecule has 1 atom stereocenters. The number of methoxy groups -OCH3 is 1. The molecule has 5 heteroatoms. The number of ether oxygens (including phenoxy) is 2. The first kappa shape index (κ1) is 17.6. The van der Waals surface area contributed by atoms with Gasteiger partial charge in [-0.05, 0) is 42.3 Å². The highest BCUT2D eigenvalue weighted by molar-refractivity contribution is 5.78. The van der Waals surface area contributed by atoms with Gasteiger partial charge in [0, 0.05) is 0 Å². The van der Waals surface area contributed by atoms with Crippen LogP contribution in [0.15, 0.2) is 71.3 Å². The Morgan fingerprint density at radius 2 is 1.88 bits per heavy atom. The summed E-state index contributed by atoms with van der Waals surface area (Å²) >= 11 is 0. The molecule has 0 aliphatic rings. The third-order valence-electron chi connectivity index (χ3n) is 3.94. The summed E-state index contributed by atoms with van der Waals surface area (Å²) in [6, 6.07) is 18.5. The first-order valence-corrected chi connectivity index (χ1v) is 8.32. The predicted molar refractivity (Wildman–Crippen MR) is 98.4 cm³/mol. The molecule has 2 aromatic carbocycles. The minimum absolute atomic E-state index is 0.122. The standard InChI is InChI=1S/C21H21NO4/c1-15-10-11-17(19(13-15)24-2)26-14-20(23)22-21(18-9-6-12-25-18)16-7-4-3-5-8-16/h3-13,21H,14H2,1-2H3,(H,22,23). The van der Waals surface area contributed by atoms with Crippen LogP contribution in [0, 0.1) is 6.92 Å². The zero-order valence-electron chi connectivity index (χ0n) is 14.8. The topological polar surface area (TPSA) is 60.7 Å². The monoisotopic (exact) mass is 351 g/mol. The van der Waals surface area contributed by atoms with Crippen LogP contribution in [0.5, 0.6) is 11.5 Å². The van der Waals surface area contributed by atoms with Gasteiger partial charge < -0.3 is 19.2 Å². The van der Waals surface area contributed by atoms with Crippen LogP contribution in [0.25, 0.3) is 0 Å². The molecule has 0 bridgehead atoms. The first-order chi connectivity index (χ1) is 12.7. The normalized spacial score (nSPS) is 11.6. The number of aryl methyl sites for hydroxylation is 1. The summed E-state index contributed by atoms with van der Waals surface area (Å²) in [5.74, 6) is 1.54. The van der Waals surface area contributed by atoms with E-state index in [1.807, 2.05) is 55.5 Å². The van der Waals surface area contributed by atoms with Crippen molar-refractivity contribution in [2.45, 2.75) is 13.0 Å². The van der Waals surface area contributed by atoms with Gasteiger partial charge in [-0.3, -0.25) is 4.79 Å². The van der Waals surface area contributed by atoms with E-state index in [1.54, 1.807) is 25.5 Å². The molecule has 134 valence electrons. The van der Waals surface area contributed by atoms with Gasteiger partial charge >= 0.3 is 0 Å². The lowest BCUT2D eigenvalue weighted by Crippen LogP contribution is -2.33. The van der Waals surface area contributed by atoms with Gasteiger partial charge in [-0.15, -0.1) is 0 Å². The van der Waals surface area contributed by atoms with Crippen LogP contribution in [0.2, 0.25) is 0 Å². The van der Waals surface area contributed by atoms with Crippen molar-refractivity contribution >= 4 is 5.91 Å². The third kappa shape index (κ3) is 4.25. The minimum Gasteiger partial charge on any atom is -0.493 e. The van der Waals surface area contributed by atoms with Crippen molar-refractivity contribution in [1.29, 1.82) is 0 Å². The van der Waals surface area contributed by atoms with E-state index in [0.717, 1.165) is 11.1 Å². The van der Waals surface area contributed by atoms with E-state index < -0.39 is 0 Å². The highest BCUT2D eigenvalue weighted by Crippen LogP contribution is 2.28. The molecule has 1 amide bonds. The molecule has 26 heavy (non-hydrogen) atoms. The number of hydrogen-bond acceptors (Lipinski definition) is 4. The number of carbonyl (C=O) groups excluding carboxylic acids is 1. The van der Waals surface area contributed by atoms with Crippen LogP contribution in [0.4, 0.5) is 0 Å². The van der Waals surface area contributed by atoms with Crippen LogP contribution < -0.4 is 14.8 Å². The van der Waals surface area contributed by atoms with Gasteiger partial charge in [0.25, 0.3) is 5.91 Å². The molecule has 0 aliphatic heterocycles. The number of rotatable bonds is 7.